The summed E-state index contributed by atoms with van der Waals surface area (Å²) in [7, 11) is -1.16. The van der Waals surface area contributed by atoms with E-state index in [9.17, 15) is 13.0 Å². The lowest BCUT2D eigenvalue weighted by atomic mass is 10.0. The summed E-state index contributed by atoms with van der Waals surface area (Å²) < 4.78 is 32.9. The van der Waals surface area contributed by atoms with Crippen molar-refractivity contribution >= 4 is 21.9 Å². The van der Waals surface area contributed by atoms with Crippen LogP contribution in [0.15, 0.2) is 46.2 Å². The van der Waals surface area contributed by atoms with Crippen LogP contribution in [0.2, 0.25) is 0 Å². The van der Waals surface area contributed by atoms with Gasteiger partial charge in [0.25, 0.3) is 0 Å². The van der Waals surface area contributed by atoms with E-state index >= 15 is 0 Å². The molecule has 2 aromatic carbocycles. The Morgan fingerprint density at radius 2 is 1.30 bits per heavy atom. The molecule has 1 N–H and O–H groups in total. The summed E-state index contributed by atoms with van der Waals surface area (Å²) in [5.74, 6) is 0. The van der Waals surface area contributed by atoms with Gasteiger partial charge in [-0.25, -0.2) is 4.21 Å². The number of hydrogen-bond acceptors (Lipinski definition) is 2. The molecule has 0 radical (unpaired) electrons. The largest absolute Gasteiger partial charge is 0.302 e. The maximum absolute atomic E-state index is 11.9. The first-order valence-electron chi connectivity index (χ1n) is 6.06. The molecule has 0 aliphatic rings. The smallest absolute Gasteiger partial charge is 0.187 e. The zero-order valence-corrected chi connectivity index (χ0v) is 13.2. The highest BCUT2D eigenvalue weighted by molar-refractivity contribution is 7.84. The van der Waals surface area contributed by atoms with Gasteiger partial charge in [0.2, 0.25) is 0 Å². The Morgan fingerprint density at radius 1 is 0.850 bits per heavy atom. The molecule has 2 unspecified atom stereocenters. The van der Waals surface area contributed by atoms with Crippen molar-refractivity contribution < 1.29 is 13.0 Å². The Balaban J connectivity index is 2.75. The summed E-state index contributed by atoms with van der Waals surface area (Å²) in [5, 5.41) is 0. The van der Waals surface area contributed by atoms with E-state index in [2.05, 4.69) is 0 Å². The van der Waals surface area contributed by atoms with E-state index in [4.69, 9.17) is 0 Å². The van der Waals surface area contributed by atoms with Crippen molar-refractivity contribution in [3.8, 4) is 11.1 Å². The molecular weight excluding hydrogens is 292 g/mol. The van der Waals surface area contributed by atoms with Gasteiger partial charge in [-0.2, -0.15) is 0 Å². The van der Waals surface area contributed by atoms with Gasteiger partial charge >= 0.3 is 0 Å². The maximum atomic E-state index is 11.9. The second-order valence-electron chi connectivity index (χ2n) is 4.70. The Bertz CT molecular complexity index is 647. The summed E-state index contributed by atoms with van der Waals surface area (Å²) in [6.07, 6.45) is 1.61. The van der Waals surface area contributed by atoms with Gasteiger partial charge in [-0.15, -0.1) is 0 Å². The van der Waals surface area contributed by atoms with Crippen LogP contribution in [0.3, 0.4) is 0 Å². The minimum Gasteiger partial charge on any atom is -0.302 e. The molecule has 2 rings (SSSR count). The number of hydrogen-bond donors (Lipinski definition) is 1. The third-order valence-electron chi connectivity index (χ3n) is 3.06. The second kappa shape index (κ2) is 5.99. The van der Waals surface area contributed by atoms with E-state index in [1.807, 2.05) is 38.1 Å². The molecule has 3 nitrogen and oxygen atoms in total. The zero-order chi connectivity index (χ0) is 14.9. The highest BCUT2D eigenvalue weighted by Gasteiger charge is 2.15. The molecule has 106 valence electrons. The fourth-order valence-electron chi connectivity index (χ4n) is 2.09. The van der Waals surface area contributed by atoms with E-state index in [0.717, 1.165) is 16.7 Å². The van der Waals surface area contributed by atoms with Gasteiger partial charge < -0.3 is 4.55 Å². The predicted molar refractivity (Wildman–Crippen MR) is 82.7 cm³/mol. The molecule has 0 aliphatic heterocycles. The highest BCUT2D eigenvalue weighted by atomic mass is 32.2. The van der Waals surface area contributed by atoms with Gasteiger partial charge in [0.05, 0.1) is 15.7 Å². The van der Waals surface area contributed by atoms with Crippen LogP contribution >= 0.6 is 0 Å². The van der Waals surface area contributed by atoms with Crippen molar-refractivity contribution in [3.05, 3.63) is 47.5 Å². The van der Waals surface area contributed by atoms with Crippen molar-refractivity contribution in [3.63, 3.8) is 0 Å². The average Bonchev–Trinajstić information content (AvgIpc) is 2.38. The normalized spacial score (nSPS) is 14.0. The second-order valence-corrected chi connectivity index (χ2v) is 6.99. The Kier molecular flexibility index (Phi) is 4.52. The molecule has 5 heteroatoms. The average molecular weight is 308 g/mol. The molecule has 2 atom stereocenters. The summed E-state index contributed by atoms with van der Waals surface area (Å²) in [4.78, 5) is 1.03. The lowest BCUT2D eigenvalue weighted by molar-refractivity contribution is 0.564. The van der Waals surface area contributed by atoms with E-state index in [1.165, 1.54) is 0 Å². The molecule has 0 fully saturated rings. The van der Waals surface area contributed by atoms with Gasteiger partial charge in [0, 0.05) is 16.7 Å². The van der Waals surface area contributed by atoms with Gasteiger partial charge in [-0.05, 0) is 42.7 Å². The minimum absolute atomic E-state index is 0.348. The molecule has 20 heavy (non-hydrogen) atoms. The Morgan fingerprint density at radius 3 is 1.75 bits per heavy atom. The number of rotatable bonds is 3. The Labute approximate surface area is 123 Å². The van der Waals surface area contributed by atoms with E-state index < -0.39 is 21.9 Å². The fraction of sp³-hybridized carbons (Fsp3) is 0.200. The van der Waals surface area contributed by atoms with Crippen LogP contribution in [0.5, 0.6) is 0 Å². The minimum atomic E-state index is -2.08. The van der Waals surface area contributed by atoms with Crippen LogP contribution in [0, 0.1) is 13.8 Å². The van der Waals surface area contributed by atoms with Crippen molar-refractivity contribution in [2.24, 2.45) is 0 Å². The Hall–Kier alpha value is -1.30. The molecule has 0 aliphatic carbocycles. The zero-order valence-electron chi connectivity index (χ0n) is 11.5. The van der Waals surface area contributed by atoms with Crippen LogP contribution in [0.4, 0.5) is 0 Å². The molecule has 0 amide bonds. The lowest BCUT2D eigenvalue weighted by Gasteiger charge is -2.12. The molecular formula is C15H16O3S2. The maximum Gasteiger partial charge on any atom is 0.187 e. The predicted octanol–water partition coefficient (Wildman–Crippen LogP) is 3.29. The molecule has 2 aromatic rings. The van der Waals surface area contributed by atoms with Gasteiger partial charge in [-0.1, -0.05) is 24.3 Å². The van der Waals surface area contributed by atoms with Crippen LogP contribution in [-0.2, 0) is 21.9 Å². The van der Waals surface area contributed by atoms with Crippen molar-refractivity contribution in [1.29, 1.82) is 0 Å². The van der Waals surface area contributed by atoms with Crippen molar-refractivity contribution in [1.82, 2.24) is 0 Å². The van der Waals surface area contributed by atoms with Crippen LogP contribution in [0.25, 0.3) is 11.1 Å². The molecule has 0 spiro atoms. The van der Waals surface area contributed by atoms with E-state index in [1.54, 1.807) is 18.4 Å². The topological polar surface area (TPSA) is 54.4 Å². The van der Waals surface area contributed by atoms with Crippen LogP contribution < -0.4 is 0 Å². The number of benzene rings is 2. The molecule has 0 saturated carbocycles. The number of aryl methyl sites for hydroxylation is 2. The first kappa shape index (κ1) is 15.1. The summed E-state index contributed by atoms with van der Waals surface area (Å²) in [5.41, 5.74) is 3.32. The van der Waals surface area contributed by atoms with Crippen LogP contribution in [0.1, 0.15) is 11.1 Å². The van der Waals surface area contributed by atoms with Crippen LogP contribution in [-0.4, -0.2) is 19.2 Å². The van der Waals surface area contributed by atoms with Crippen molar-refractivity contribution in [2.45, 2.75) is 23.6 Å². The standard InChI is InChI=1S/C15H16O3S2/c1-10-4-6-12(14(8-10)19(3)16)13-7-5-11(2)9-15(13)20(17)18/h4-9H,1-3H3,(H,17,18). The third kappa shape index (κ3) is 3.06. The first-order valence-corrected chi connectivity index (χ1v) is 8.72. The van der Waals surface area contributed by atoms with Gasteiger partial charge in [0.1, 0.15) is 0 Å². The SMILES string of the molecule is Cc1ccc(-c2ccc(C)cc2S(=O)O)c(S(C)=O)c1. The first-order chi connectivity index (χ1) is 9.40. The quantitative estimate of drug-likeness (QED) is 0.885. The lowest BCUT2D eigenvalue weighted by Crippen LogP contribution is -1.98. The fourth-order valence-corrected chi connectivity index (χ4v) is 3.58. The molecule has 0 saturated heterocycles. The summed E-state index contributed by atoms with van der Waals surface area (Å²) >= 11 is -2.08. The third-order valence-corrected chi connectivity index (χ3v) is 4.73. The summed E-state index contributed by atoms with van der Waals surface area (Å²) in [6, 6.07) is 11.0. The van der Waals surface area contributed by atoms with Gasteiger partial charge in [0.15, 0.2) is 11.1 Å². The highest BCUT2D eigenvalue weighted by Crippen LogP contribution is 2.31. The monoisotopic (exact) mass is 308 g/mol. The van der Waals surface area contributed by atoms with Crippen molar-refractivity contribution in [2.75, 3.05) is 6.26 Å². The van der Waals surface area contributed by atoms with Gasteiger partial charge in [-0.3, -0.25) is 4.21 Å². The molecule has 0 bridgehead atoms. The van der Waals surface area contributed by atoms with E-state index in [0.29, 0.717) is 15.4 Å². The van der Waals surface area contributed by atoms with E-state index in [-0.39, 0.29) is 0 Å². The molecule has 0 heterocycles. The summed E-state index contributed by atoms with van der Waals surface area (Å²) in [6.45, 7) is 3.80. The molecule has 0 aromatic heterocycles.